The highest BCUT2D eigenvalue weighted by atomic mass is 35.5. The number of aromatic hydroxyl groups is 1. The van der Waals surface area contributed by atoms with E-state index >= 15 is 0 Å². The van der Waals surface area contributed by atoms with Gasteiger partial charge in [-0.3, -0.25) is 9.78 Å². The Balaban J connectivity index is 2.19. The van der Waals surface area contributed by atoms with Crippen LogP contribution >= 0.6 is 11.6 Å². The number of hydrogen-bond acceptors (Lipinski definition) is 3. The fraction of sp³-hybridized carbons (Fsp3) is 0.111. The third-order valence-electron chi connectivity index (χ3n) is 3.65. The zero-order chi connectivity index (χ0) is 16.4. The molecule has 1 heterocycles. The second kappa shape index (κ2) is 6.26. The lowest BCUT2D eigenvalue weighted by atomic mass is 9.96. The summed E-state index contributed by atoms with van der Waals surface area (Å²) in [6, 6.07) is 14.0. The van der Waals surface area contributed by atoms with E-state index in [0.29, 0.717) is 16.1 Å². The molecule has 1 aromatic heterocycles. The van der Waals surface area contributed by atoms with E-state index in [1.165, 1.54) is 6.92 Å². The number of benzene rings is 2. The van der Waals surface area contributed by atoms with E-state index in [0.717, 1.165) is 10.9 Å². The fourth-order valence-electron chi connectivity index (χ4n) is 2.61. The van der Waals surface area contributed by atoms with E-state index in [-0.39, 0.29) is 11.7 Å². The second-order valence-electron chi connectivity index (χ2n) is 5.23. The molecule has 0 fully saturated rings. The number of phenolic OH excluding ortho intramolecular Hbond substituents is 1. The predicted octanol–water partition coefficient (Wildman–Crippen LogP) is 3.82. The molecule has 0 saturated heterocycles. The minimum Gasteiger partial charge on any atom is -0.505 e. The average Bonchev–Trinajstić information content (AvgIpc) is 2.54. The van der Waals surface area contributed by atoms with Crippen molar-refractivity contribution in [2.24, 2.45) is 0 Å². The number of pyridine rings is 1. The van der Waals surface area contributed by atoms with Crippen molar-refractivity contribution < 1.29 is 9.90 Å². The molecule has 1 atom stereocenters. The van der Waals surface area contributed by atoms with Gasteiger partial charge >= 0.3 is 0 Å². The topological polar surface area (TPSA) is 62.2 Å². The van der Waals surface area contributed by atoms with Gasteiger partial charge in [0.1, 0.15) is 11.3 Å². The summed E-state index contributed by atoms with van der Waals surface area (Å²) < 4.78 is 0. The summed E-state index contributed by atoms with van der Waals surface area (Å²) in [6.45, 7) is 1.43. The highest BCUT2D eigenvalue weighted by molar-refractivity contribution is 6.31. The summed E-state index contributed by atoms with van der Waals surface area (Å²) in [4.78, 5) is 15.9. The molecule has 0 aliphatic rings. The molecule has 0 radical (unpaired) electrons. The van der Waals surface area contributed by atoms with Crippen LogP contribution in [-0.4, -0.2) is 16.0 Å². The SMILES string of the molecule is CC(=O)N[C@@H](c1ccccc1Cl)c1ccc2cccnc2c1O. The van der Waals surface area contributed by atoms with Crippen LogP contribution in [0.2, 0.25) is 5.02 Å². The summed E-state index contributed by atoms with van der Waals surface area (Å²) in [5, 5.41) is 14.8. The van der Waals surface area contributed by atoms with Crippen LogP contribution in [0.15, 0.2) is 54.7 Å². The van der Waals surface area contributed by atoms with E-state index in [2.05, 4.69) is 10.3 Å². The van der Waals surface area contributed by atoms with Crippen molar-refractivity contribution in [2.45, 2.75) is 13.0 Å². The maximum atomic E-state index is 11.6. The highest BCUT2D eigenvalue weighted by Crippen LogP contribution is 2.36. The van der Waals surface area contributed by atoms with Crippen LogP contribution < -0.4 is 5.32 Å². The molecule has 4 nitrogen and oxygen atoms in total. The number of aromatic nitrogens is 1. The number of nitrogens with one attached hydrogen (secondary N) is 1. The molecule has 0 bridgehead atoms. The largest absolute Gasteiger partial charge is 0.505 e. The molecule has 2 N–H and O–H groups in total. The molecule has 0 spiro atoms. The van der Waals surface area contributed by atoms with Gasteiger partial charge in [0.15, 0.2) is 0 Å². The van der Waals surface area contributed by atoms with E-state index in [9.17, 15) is 9.90 Å². The molecular weight excluding hydrogens is 312 g/mol. The first-order chi connectivity index (χ1) is 11.1. The first-order valence-corrected chi connectivity index (χ1v) is 7.54. The molecule has 0 aliphatic carbocycles. The monoisotopic (exact) mass is 326 g/mol. The molecule has 2 aromatic carbocycles. The van der Waals surface area contributed by atoms with Crippen molar-refractivity contribution in [3.63, 3.8) is 0 Å². The van der Waals surface area contributed by atoms with Gasteiger partial charge in [-0.25, -0.2) is 0 Å². The summed E-state index contributed by atoms with van der Waals surface area (Å²) in [7, 11) is 0. The van der Waals surface area contributed by atoms with E-state index in [1.54, 1.807) is 24.4 Å². The predicted molar refractivity (Wildman–Crippen MR) is 90.5 cm³/mol. The first-order valence-electron chi connectivity index (χ1n) is 7.16. The quantitative estimate of drug-likeness (QED) is 0.769. The molecule has 5 heteroatoms. The van der Waals surface area contributed by atoms with Crippen LogP contribution in [0.4, 0.5) is 0 Å². The number of hydrogen-bond donors (Lipinski definition) is 2. The Bertz CT molecular complexity index is 880. The molecule has 116 valence electrons. The summed E-state index contributed by atoms with van der Waals surface area (Å²) in [6.07, 6.45) is 1.62. The molecule has 3 aromatic rings. The number of fused-ring (bicyclic) bond motifs is 1. The number of carbonyl (C=O) groups excluding carboxylic acids is 1. The Kier molecular flexibility index (Phi) is 4.17. The lowest BCUT2D eigenvalue weighted by Crippen LogP contribution is -2.27. The van der Waals surface area contributed by atoms with Crippen molar-refractivity contribution >= 4 is 28.4 Å². The smallest absolute Gasteiger partial charge is 0.217 e. The van der Waals surface area contributed by atoms with Gasteiger partial charge in [-0.15, -0.1) is 0 Å². The zero-order valence-electron chi connectivity index (χ0n) is 12.5. The minimum atomic E-state index is -0.549. The zero-order valence-corrected chi connectivity index (χ0v) is 13.2. The Labute approximate surface area is 138 Å². The molecule has 0 saturated carbocycles. The lowest BCUT2D eigenvalue weighted by molar-refractivity contribution is -0.119. The van der Waals surface area contributed by atoms with Crippen LogP contribution in [0.25, 0.3) is 10.9 Å². The first kappa shape index (κ1) is 15.3. The van der Waals surface area contributed by atoms with Crippen LogP contribution in [0.5, 0.6) is 5.75 Å². The molecule has 3 rings (SSSR count). The van der Waals surface area contributed by atoms with Crippen LogP contribution in [-0.2, 0) is 4.79 Å². The Morgan fingerprint density at radius 2 is 1.91 bits per heavy atom. The van der Waals surface area contributed by atoms with Gasteiger partial charge in [0.2, 0.25) is 5.91 Å². The van der Waals surface area contributed by atoms with Crippen molar-refractivity contribution in [3.8, 4) is 5.75 Å². The maximum Gasteiger partial charge on any atom is 0.217 e. The third kappa shape index (κ3) is 2.98. The van der Waals surface area contributed by atoms with E-state index < -0.39 is 6.04 Å². The lowest BCUT2D eigenvalue weighted by Gasteiger charge is -2.21. The Hall–Kier alpha value is -2.59. The number of rotatable bonds is 3. The molecule has 0 unspecified atom stereocenters. The second-order valence-corrected chi connectivity index (χ2v) is 5.64. The van der Waals surface area contributed by atoms with Gasteiger partial charge < -0.3 is 10.4 Å². The van der Waals surface area contributed by atoms with Gasteiger partial charge in [0.05, 0.1) is 6.04 Å². The van der Waals surface area contributed by atoms with E-state index in [1.807, 2.05) is 30.3 Å². The standard InChI is InChI=1S/C18H15ClN2O2/c1-11(22)21-17(13-6-2-3-7-15(13)19)14-9-8-12-5-4-10-20-16(12)18(14)23/h2-10,17,23H,1H3,(H,21,22)/t17-/m0/s1. The number of nitrogens with zero attached hydrogens (tertiary/aromatic N) is 1. The Morgan fingerprint density at radius 3 is 2.65 bits per heavy atom. The number of phenols is 1. The van der Waals surface area contributed by atoms with Crippen LogP contribution in [0, 0.1) is 0 Å². The van der Waals surface area contributed by atoms with Crippen molar-refractivity contribution in [2.75, 3.05) is 0 Å². The number of carbonyl (C=O) groups is 1. The third-order valence-corrected chi connectivity index (χ3v) is 4.00. The molecule has 1 amide bonds. The summed E-state index contributed by atoms with van der Waals surface area (Å²) >= 11 is 6.27. The van der Waals surface area contributed by atoms with Gasteiger partial charge in [-0.05, 0) is 17.7 Å². The molecular formula is C18H15ClN2O2. The average molecular weight is 327 g/mol. The fourth-order valence-corrected chi connectivity index (χ4v) is 2.86. The van der Waals surface area contributed by atoms with Crippen molar-refractivity contribution in [1.29, 1.82) is 0 Å². The summed E-state index contributed by atoms with van der Waals surface area (Å²) in [5.74, 6) is -0.169. The summed E-state index contributed by atoms with van der Waals surface area (Å²) in [5.41, 5.74) is 1.77. The molecule has 23 heavy (non-hydrogen) atoms. The molecule has 0 aliphatic heterocycles. The van der Waals surface area contributed by atoms with Crippen molar-refractivity contribution in [3.05, 3.63) is 70.9 Å². The minimum absolute atomic E-state index is 0.0433. The normalized spacial score (nSPS) is 12.1. The highest BCUT2D eigenvalue weighted by Gasteiger charge is 2.22. The Morgan fingerprint density at radius 1 is 1.13 bits per heavy atom. The van der Waals surface area contributed by atoms with Gasteiger partial charge in [0, 0.05) is 29.1 Å². The number of halogens is 1. The van der Waals surface area contributed by atoms with E-state index in [4.69, 9.17) is 11.6 Å². The maximum absolute atomic E-state index is 11.6. The van der Waals surface area contributed by atoms with Gasteiger partial charge in [-0.1, -0.05) is 48.0 Å². The van der Waals surface area contributed by atoms with Crippen LogP contribution in [0.1, 0.15) is 24.1 Å². The van der Waals surface area contributed by atoms with Crippen molar-refractivity contribution in [1.82, 2.24) is 10.3 Å². The van der Waals surface area contributed by atoms with Gasteiger partial charge in [0.25, 0.3) is 0 Å². The van der Waals surface area contributed by atoms with Gasteiger partial charge in [-0.2, -0.15) is 0 Å². The van der Waals surface area contributed by atoms with Crippen LogP contribution in [0.3, 0.4) is 0 Å². The number of amides is 1.